The molecule has 0 atom stereocenters. The molecule has 20 heavy (non-hydrogen) atoms. The van der Waals surface area contributed by atoms with E-state index in [0.717, 1.165) is 0 Å². The lowest BCUT2D eigenvalue weighted by atomic mass is 10.4. The van der Waals surface area contributed by atoms with Crippen molar-refractivity contribution in [2.45, 2.75) is 31.3 Å². The minimum absolute atomic E-state index is 0.188. The molecule has 0 saturated heterocycles. The summed E-state index contributed by atoms with van der Waals surface area (Å²) in [6, 6.07) is 0. The summed E-state index contributed by atoms with van der Waals surface area (Å²) in [5, 5.41) is 24.0. The highest BCUT2D eigenvalue weighted by Crippen LogP contribution is 2.34. The average molecular weight is 328 g/mol. The van der Waals surface area contributed by atoms with Gasteiger partial charge in [0.15, 0.2) is 6.67 Å². The molecule has 0 spiro atoms. The van der Waals surface area contributed by atoms with E-state index < -0.39 is 31.1 Å². The van der Waals surface area contributed by atoms with Crippen molar-refractivity contribution in [1.29, 1.82) is 0 Å². The molecule has 0 rings (SSSR count). The fourth-order valence-corrected chi connectivity index (χ4v) is 0.0577. The Morgan fingerprint density at radius 3 is 1.05 bits per heavy atom. The normalized spacial score (nSPS) is 12.3. The first-order valence-electron chi connectivity index (χ1n) is 4.59. The first-order chi connectivity index (χ1) is 8.62. The van der Waals surface area contributed by atoms with Crippen LogP contribution >= 0.6 is 0 Å². The van der Waals surface area contributed by atoms with Gasteiger partial charge in [0.05, 0.1) is 13.2 Å². The van der Waals surface area contributed by atoms with Gasteiger partial charge in [0.1, 0.15) is 6.10 Å². The summed E-state index contributed by atoms with van der Waals surface area (Å²) in [7, 11) is 0. The minimum atomic E-state index is -5.40. The maximum absolute atomic E-state index is 11.1. The fourth-order valence-electron chi connectivity index (χ4n) is 0.0577. The van der Waals surface area contributed by atoms with E-state index in [9.17, 15) is 39.5 Å². The van der Waals surface area contributed by atoms with Gasteiger partial charge in [-0.05, 0) is 0 Å². The van der Waals surface area contributed by atoms with Gasteiger partial charge in [-0.25, -0.2) is 4.39 Å². The summed E-state index contributed by atoms with van der Waals surface area (Å²) in [5.74, 6) is -4.56. The molecule has 0 aliphatic rings. The largest absolute Gasteiger partial charge is 0.452 e. The average Bonchev–Trinajstić information content (AvgIpc) is 2.26. The van der Waals surface area contributed by atoms with Crippen LogP contribution in [0.25, 0.3) is 0 Å². The molecule has 0 saturated carbocycles. The highest BCUT2D eigenvalue weighted by molar-refractivity contribution is 4.67. The second kappa shape index (κ2) is 10.0. The minimum Gasteiger partial charge on any atom is -0.394 e. The van der Waals surface area contributed by atoms with E-state index in [1.165, 1.54) is 0 Å². The standard InChI is InChI=1S/C3H3F5.C3H8O3.C2H2F4/c1-2(4,5)3(6,7)8;4-1-3(6)2-5;3-1-2(4,5)6/h1H3;3-6H,1-2H2;1H2. The molecular weight excluding hydrogens is 315 g/mol. The van der Waals surface area contributed by atoms with Crippen LogP contribution < -0.4 is 0 Å². The van der Waals surface area contributed by atoms with Crippen molar-refractivity contribution >= 4 is 0 Å². The summed E-state index contributed by atoms with van der Waals surface area (Å²) in [6.07, 6.45) is -11.0. The summed E-state index contributed by atoms with van der Waals surface area (Å²) in [4.78, 5) is 0. The summed E-state index contributed by atoms with van der Waals surface area (Å²) in [5.41, 5.74) is 0. The molecule has 0 aliphatic carbocycles. The number of halogens is 9. The van der Waals surface area contributed by atoms with Crippen LogP contribution in [0.3, 0.4) is 0 Å². The SMILES string of the molecule is CC(F)(F)C(F)(F)F.FCC(F)(F)F.OCC(O)CO. The predicted octanol–water partition coefficient (Wildman–Crippen LogP) is 2.05. The van der Waals surface area contributed by atoms with Crippen molar-refractivity contribution in [1.82, 2.24) is 0 Å². The lowest BCUT2D eigenvalue weighted by Crippen LogP contribution is -2.32. The molecule has 3 nitrogen and oxygen atoms in total. The quantitative estimate of drug-likeness (QED) is 0.680. The van der Waals surface area contributed by atoms with Crippen LogP contribution in [0.4, 0.5) is 39.5 Å². The van der Waals surface area contributed by atoms with E-state index >= 15 is 0 Å². The van der Waals surface area contributed by atoms with Gasteiger partial charge in [-0.1, -0.05) is 0 Å². The van der Waals surface area contributed by atoms with Gasteiger partial charge in [-0.15, -0.1) is 0 Å². The zero-order valence-electron chi connectivity index (χ0n) is 9.94. The van der Waals surface area contributed by atoms with Crippen molar-refractivity contribution in [3.63, 3.8) is 0 Å². The monoisotopic (exact) mass is 328 g/mol. The molecule has 0 bridgehead atoms. The second-order valence-corrected chi connectivity index (χ2v) is 3.15. The van der Waals surface area contributed by atoms with Crippen LogP contribution in [-0.2, 0) is 0 Å². The highest BCUT2D eigenvalue weighted by Gasteiger charge is 2.52. The lowest BCUT2D eigenvalue weighted by Gasteiger charge is -2.12. The van der Waals surface area contributed by atoms with E-state index in [1.54, 1.807) is 0 Å². The number of aliphatic hydroxyl groups is 3. The fraction of sp³-hybridized carbons (Fsp3) is 1.00. The topological polar surface area (TPSA) is 60.7 Å². The van der Waals surface area contributed by atoms with Gasteiger partial charge in [-0.2, -0.15) is 35.1 Å². The van der Waals surface area contributed by atoms with E-state index in [2.05, 4.69) is 0 Å². The van der Waals surface area contributed by atoms with Gasteiger partial charge in [0.25, 0.3) is 0 Å². The molecule has 0 aromatic rings. The van der Waals surface area contributed by atoms with E-state index in [0.29, 0.717) is 0 Å². The smallest absolute Gasteiger partial charge is 0.394 e. The maximum Gasteiger partial charge on any atom is 0.452 e. The predicted molar refractivity (Wildman–Crippen MR) is 48.9 cm³/mol. The molecule has 0 radical (unpaired) electrons. The molecule has 0 heterocycles. The Morgan fingerprint density at radius 1 is 0.850 bits per heavy atom. The van der Waals surface area contributed by atoms with E-state index in [1.807, 2.05) is 0 Å². The zero-order valence-corrected chi connectivity index (χ0v) is 9.94. The van der Waals surface area contributed by atoms with Gasteiger partial charge < -0.3 is 15.3 Å². The first-order valence-corrected chi connectivity index (χ1v) is 4.59. The molecule has 0 fully saturated rings. The summed E-state index contributed by atoms with van der Waals surface area (Å²) < 4.78 is 96.2. The number of hydrogen-bond donors (Lipinski definition) is 3. The van der Waals surface area contributed by atoms with Crippen molar-refractivity contribution < 1.29 is 54.8 Å². The Labute approximate surface area is 107 Å². The molecular formula is C8H13F9O3. The lowest BCUT2D eigenvalue weighted by molar-refractivity contribution is -0.273. The third-order valence-corrected chi connectivity index (χ3v) is 1.07. The van der Waals surface area contributed by atoms with Gasteiger partial charge in [-0.3, -0.25) is 0 Å². The third-order valence-electron chi connectivity index (χ3n) is 1.07. The van der Waals surface area contributed by atoms with Crippen molar-refractivity contribution in [2.75, 3.05) is 19.9 Å². The molecule has 0 amide bonds. The molecule has 0 unspecified atom stereocenters. The summed E-state index contributed by atoms with van der Waals surface area (Å²) in [6.45, 7) is -3.15. The van der Waals surface area contributed by atoms with Crippen LogP contribution in [0, 0.1) is 0 Å². The third kappa shape index (κ3) is 19.6. The van der Waals surface area contributed by atoms with Crippen LogP contribution in [0.5, 0.6) is 0 Å². The Morgan fingerprint density at radius 2 is 1.05 bits per heavy atom. The maximum atomic E-state index is 11.1. The van der Waals surface area contributed by atoms with Crippen LogP contribution in [0.15, 0.2) is 0 Å². The summed E-state index contributed by atoms with van der Waals surface area (Å²) >= 11 is 0. The zero-order chi connectivity index (χ0) is 17.2. The Balaban J connectivity index is -0.000000221. The molecule has 126 valence electrons. The molecule has 0 aliphatic heterocycles. The van der Waals surface area contributed by atoms with Gasteiger partial charge in [0.2, 0.25) is 0 Å². The Bertz CT molecular complexity index is 205. The highest BCUT2D eigenvalue weighted by atomic mass is 19.4. The van der Waals surface area contributed by atoms with E-state index in [4.69, 9.17) is 15.3 Å². The number of aliphatic hydroxyl groups excluding tert-OH is 3. The molecule has 0 aromatic carbocycles. The number of alkyl halides is 9. The molecule has 12 heteroatoms. The number of hydrogen-bond acceptors (Lipinski definition) is 3. The van der Waals surface area contributed by atoms with Crippen LogP contribution in [0.1, 0.15) is 6.92 Å². The Hall–Kier alpha value is -0.750. The molecule has 3 N–H and O–H groups in total. The van der Waals surface area contributed by atoms with Gasteiger partial charge >= 0.3 is 18.3 Å². The van der Waals surface area contributed by atoms with Gasteiger partial charge in [0, 0.05) is 6.92 Å². The first kappa shape index (κ1) is 24.3. The van der Waals surface area contributed by atoms with Crippen LogP contribution in [0.2, 0.25) is 0 Å². The molecule has 0 aromatic heterocycles. The van der Waals surface area contributed by atoms with Crippen molar-refractivity contribution in [3.8, 4) is 0 Å². The van der Waals surface area contributed by atoms with Crippen molar-refractivity contribution in [2.24, 2.45) is 0 Å². The van der Waals surface area contributed by atoms with Crippen molar-refractivity contribution in [3.05, 3.63) is 0 Å². The van der Waals surface area contributed by atoms with Crippen LogP contribution in [-0.4, -0.2) is 59.6 Å². The van der Waals surface area contributed by atoms with E-state index in [-0.39, 0.29) is 20.1 Å². The number of rotatable bonds is 2. The second-order valence-electron chi connectivity index (χ2n) is 3.15. The Kier molecular flexibility index (Phi) is 12.2.